The number of imide groups is 1. The number of hydrazine groups is 2. The molecule has 0 aliphatic rings. The number of hydrogen-bond acceptors (Lipinski definition) is 5. The summed E-state index contributed by atoms with van der Waals surface area (Å²) in [5.41, 5.74) is 10.2. The number of nitrogens with one attached hydrogen (secondary N) is 4. The van der Waals surface area contributed by atoms with Crippen molar-refractivity contribution >= 4 is 23.7 Å². The quantitative estimate of drug-likeness (QED) is 0.335. The smallest absolute Gasteiger partial charge is 0.341 e. The lowest BCUT2D eigenvalue weighted by molar-refractivity contribution is -0.141. The molecule has 0 saturated heterocycles. The van der Waals surface area contributed by atoms with E-state index in [2.05, 4.69) is 21.7 Å². The number of carboxylic acid groups (broad SMARTS) is 1. The maximum Gasteiger partial charge on any atom is 0.341 e. The van der Waals surface area contributed by atoms with Crippen molar-refractivity contribution in [1.82, 2.24) is 21.2 Å². The second-order valence-corrected chi connectivity index (χ2v) is 8.58. The predicted molar refractivity (Wildman–Crippen MR) is 127 cm³/mol. The third kappa shape index (κ3) is 8.36. The van der Waals surface area contributed by atoms with E-state index in [-0.39, 0.29) is 18.9 Å². The van der Waals surface area contributed by atoms with Gasteiger partial charge < -0.3 is 15.8 Å². The van der Waals surface area contributed by atoms with Crippen LogP contribution in [0, 0.1) is 24.6 Å². The zero-order chi connectivity index (χ0) is 25.3. The summed E-state index contributed by atoms with van der Waals surface area (Å²) < 4.78 is 14.2. The Bertz CT molecular complexity index is 997. The SMILES string of the molecule is Cc1ccc(CNC(=O)N(C[C@H](C)C(=O)O)C(=O)NNNc2ccc(CC(C)C)c(F)c2)cc1. The van der Waals surface area contributed by atoms with Gasteiger partial charge >= 0.3 is 18.0 Å². The molecule has 0 aliphatic carbocycles. The van der Waals surface area contributed by atoms with Gasteiger partial charge in [0.1, 0.15) is 5.82 Å². The molecular formula is C24H32FN5O4. The van der Waals surface area contributed by atoms with Crippen LogP contribution in [0.1, 0.15) is 37.5 Å². The van der Waals surface area contributed by atoms with E-state index < -0.39 is 23.9 Å². The van der Waals surface area contributed by atoms with Crippen LogP contribution in [0.25, 0.3) is 0 Å². The normalized spacial score (nSPS) is 11.6. The molecule has 4 amide bonds. The van der Waals surface area contributed by atoms with Crippen molar-refractivity contribution in [2.24, 2.45) is 11.8 Å². The fourth-order valence-electron chi connectivity index (χ4n) is 3.04. The first-order valence-corrected chi connectivity index (χ1v) is 11.0. The number of aryl methyl sites for hydroxylation is 1. The highest BCUT2D eigenvalue weighted by Gasteiger charge is 2.26. The lowest BCUT2D eigenvalue weighted by Gasteiger charge is -2.24. The summed E-state index contributed by atoms with van der Waals surface area (Å²) in [6, 6.07) is 10.4. The van der Waals surface area contributed by atoms with Gasteiger partial charge in [0.2, 0.25) is 0 Å². The summed E-state index contributed by atoms with van der Waals surface area (Å²) in [5.74, 6) is -2.19. The average Bonchev–Trinajstić information content (AvgIpc) is 2.78. The maximum atomic E-state index is 14.2. The molecular weight excluding hydrogens is 441 g/mol. The monoisotopic (exact) mass is 473 g/mol. The lowest BCUT2D eigenvalue weighted by atomic mass is 10.0. The van der Waals surface area contributed by atoms with E-state index in [4.69, 9.17) is 0 Å². The summed E-state index contributed by atoms with van der Waals surface area (Å²) >= 11 is 0. The molecule has 2 aromatic rings. The number of anilines is 1. The highest BCUT2D eigenvalue weighted by atomic mass is 19.1. The minimum absolute atomic E-state index is 0.165. The summed E-state index contributed by atoms with van der Waals surface area (Å²) in [6.45, 7) is 7.15. The second kappa shape index (κ2) is 12.5. The van der Waals surface area contributed by atoms with E-state index in [0.717, 1.165) is 16.0 Å². The number of carboxylic acids is 1. The number of halogens is 1. The Morgan fingerprint density at radius 2 is 1.71 bits per heavy atom. The number of benzene rings is 2. The number of hydrogen-bond donors (Lipinski definition) is 5. The van der Waals surface area contributed by atoms with Gasteiger partial charge in [0.25, 0.3) is 0 Å². The Hall–Kier alpha value is -3.66. The standard InChI is InChI=1S/C24H32FN5O4/c1-15(2)11-19-9-10-20(12-21(19)25)27-29-28-24(34)30(14-17(4)22(31)32)23(33)26-13-18-7-5-16(3)6-8-18/h5-10,12,15,17,27,29H,11,13-14H2,1-4H3,(H,26,33)(H,28,34)(H,31,32)/t17-/m0/s1. The number of urea groups is 2. The molecule has 2 aromatic carbocycles. The van der Waals surface area contributed by atoms with E-state index in [1.807, 2.05) is 45.0 Å². The van der Waals surface area contributed by atoms with E-state index in [1.54, 1.807) is 12.1 Å². The van der Waals surface area contributed by atoms with Crippen LogP contribution >= 0.6 is 0 Å². The van der Waals surface area contributed by atoms with E-state index in [0.29, 0.717) is 23.6 Å². The largest absolute Gasteiger partial charge is 0.481 e. The molecule has 10 heteroatoms. The number of carbonyl (C=O) groups excluding carboxylic acids is 2. The maximum absolute atomic E-state index is 14.2. The molecule has 0 spiro atoms. The molecule has 2 rings (SSSR count). The number of nitrogens with zero attached hydrogens (tertiary/aromatic N) is 1. The minimum atomic E-state index is -1.15. The van der Waals surface area contributed by atoms with Crippen molar-refractivity contribution in [1.29, 1.82) is 0 Å². The first kappa shape index (κ1) is 26.6. The van der Waals surface area contributed by atoms with Crippen LogP contribution in [-0.2, 0) is 17.8 Å². The molecule has 5 N–H and O–H groups in total. The van der Waals surface area contributed by atoms with Crippen molar-refractivity contribution in [2.45, 2.75) is 40.7 Å². The summed E-state index contributed by atoms with van der Waals surface area (Å²) in [5, 5.41) is 11.8. The Labute approximate surface area is 198 Å². The Balaban J connectivity index is 1.97. The Kier molecular flexibility index (Phi) is 9.81. The predicted octanol–water partition coefficient (Wildman–Crippen LogP) is 3.81. The van der Waals surface area contributed by atoms with Crippen LogP contribution in [-0.4, -0.2) is 34.6 Å². The summed E-state index contributed by atoms with van der Waals surface area (Å²) in [6.07, 6.45) is 0.602. The summed E-state index contributed by atoms with van der Waals surface area (Å²) in [7, 11) is 0. The Morgan fingerprint density at radius 3 is 2.29 bits per heavy atom. The fourth-order valence-corrected chi connectivity index (χ4v) is 3.04. The van der Waals surface area contributed by atoms with Gasteiger partial charge in [-0.05, 0) is 42.5 Å². The first-order valence-electron chi connectivity index (χ1n) is 11.0. The molecule has 0 aromatic heterocycles. The van der Waals surface area contributed by atoms with Crippen molar-refractivity contribution in [2.75, 3.05) is 12.0 Å². The number of rotatable bonds is 10. The third-order valence-electron chi connectivity index (χ3n) is 4.99. The molecule has 34 heavy (non-hydrogen) atoms. The molecule has 0 saturated carbocycles. The molecule has 0 bridgehead atoms. The van der Waals surface area contributed by atoms with Crippen LogP contribution < -0.4 is 21.7 Å². The topological polar surface area (TPSA) is 123 Å². The van der Waals surface area contributed by atoms with Crippen LogP contribution in [0.3, 0.4) is 0 Å². The number of amides is 4. The molecule has 0 heterocycles. The summed E-state index contributed by atoms with van der Waals surface area (Å²) in [4.78, 5) is 37.3. The molecule has 1 atom stereocenters. The van der Waals surface area contributed by atoms with Crippen LogP contribution in [0.4, 0.5) is 19.7 Å². The third-order valence-corrected chi connectivity index (χ3v) is 4.99. The van der Waals surface area contributed by atoms with Crippen LogP contribution in [0.5, 0.6) is 0 Å². The molecule has 184 valence electrons. The van der Waals surface area contributed by atoms with Crippen molar-refractivity contribution in [3.63, 3.8) is 0 Å². The second-order valence-electron chi connectivity index (χ2n) is 8.58. The average molecular weight is 474 g/mol. The van der Waals surface area contributed by atoms with Gasteiger partial charge in [0.05, 0.1) is 11.6 Å². The molecule has 0 aliphatic heterocycles. The molecule has 0 unspecified atom stereocenters. The van der Waals surface area contributed by atoms with E-state index in [9.17, 15) is 23.9 Å². The van der Waals surface area contributed by atoms with Gasteiger partial charge in [0, 0.05) is 13.1 Å². The zero-order valence-electron chi connectivity index (χ0n) is 19.8. The number of carbonyl (C=O) groups is 3. The fraction of sp³-hybridized carbons (Fsp3) is 0.375. The van der Waals surface area contributed by atoms with E-state index in [1.165, 1.54) is 13.0 Å². The van der Waals surface area contributed by atoms with Crippen LogP contribution in [0.15, 0.2) is 42.5 Å². The lowest BCUT2D eigenvalue weighted by Crippen LogP contribution is -2.54. The van der Waals surface area contributed by atoms with Gasteiger partial charge in [-0.3, -0.25) is 10.2 Å². The zero-order valence-corrected chi connectivity index (χ0v) is 19.8. The van der Waals surface area contributed by atoms with Crippen molar-refractivity contribution in [3.05, 3.63) is 65.0 Å². The van der Waals surface area contributed by atoms with Crippen molar-refractivity contribution < 1.29 is 23.9 Å². The van der Waals surface area contributed by atoms with Gasteiger partial charge in [-0.2, -0.15) is 0 Å². The van der Waals surface area contributed by atoms with Gasteiger partial charge in [0.15, 0.2) is 0 Å². The van der Waals surface area contributed by atoms with Crippen molar-refractivity contribution in [3.8, 4) is 0 Å². The molecule has 9 nitrogen and oxygen atoms in total. The highest BCUT2D eigenvalue weighted by molar-refractivity contribution is 5.93. The number of aliphatic carboxylic acids is 1. The first-order chi connectivity index (χ1) is 16.1. The molecule has 0 radical (unpaired) electrons. The van der Waals surface area contributed by atoms with E-state index >= 15 is 0 Å². The highest BCUT2D eigenvalue weighted by Crippen LogP contribution is 2.17. The van der Waals surface area contributed by atoms with Crippen LogP contribution in [0.2, 0.25) is 0 Å². The van der Waals surface area contributed by atoms with Gasteiger partial charge in [-0.15, -0.1) is 5.53 Å². The molecule has 0 fully saturated rings. The van der Waals surface area contributed by atoms with Gasteiger partial charge in [-0.1, -0.05) is 56.7 Å². The van der Waals surface area contributed by atoms with Gasteiger partial charge in [-0.25, -0.2) is 18.9 Å². The minimum Gasteiger partial charge on any atom is -0.481 e. The Morgan fingerprint density at radius 1 is 1.03 bits per heavy atom.